The first-order valence-corrected chi connectivity index (χ1v) is 7.98. The van der Waals surface area contributed by atoms with Crippen LogP contribution in [0.15, 0.2) is 0 Å². The zero-order valence-corrected chi connectivity index (χ0v) is 12.5. The van der Waals surface area contributed by atoms with Crippen LogP contribution in [0.4, 0.5) is 4.79 Å². The fourth-order valence-corrected chi connectivity index (χ4v) is 3.21. The highest BCUT2D eigenvalue weighted by Gasteiger charge is 2.25. The van der Waals surface area contributed by atoms with Gasteiger partial charge in [-0.05, 0) is 51.0 Å². The lowest BCUT2D eigenvalue weighted by Gasteiger charge is -2.34. The molecular weight excluding hydrogens is 238 g/mol. The van der Waals surface area contributed by atoms with Crippen molar-refractivity contribution < 1.29 is 4.79 Å². The van der Waals surface area contributed by atoms with Crippen LogP contribution in [-0.2, 0) is 0 Å². The van der Waals surface area contributed by atoms with Crippen LogP contribution in [0.2, 0.25) is 0 Å². The van der Waals surface area contributed by atoms with Crippen molar-refractivity contribution in [2.24, 2.45) is 5.92 Å². The second-order valence-corrected chi connectivity index (χ2v) is 6.23. The summed E-state index contributed by atoms with van der Waals surface area (Å²) >= 11 is 0. The lowest BCUT2D eigenvalue weighted by atomic mass is 9.91. The Kier molecular flexibility index (Phi) is 5.49. The smallest absolute Gasteiger partial charge is 0.317 e. The van der Waals surface area contributed by atoms with Gasteiger partial charge in [0.05, 0.1) is 0 Å². The molecule has 0 aromatic heterocycles. The normalized spacial score (nSPS) is 29.3. The zero-order valence-electron chi connectivity index (χ0n) is 12.5. The molecule has 2 amide bonds. The van der Waals surface area contributed by atoms with Gasteiger partial charge >= 0.3 is 6.03 Å². The van der Waals surface area contributed by atoms with Crippen LogP contribution in [0.1, 0.15) is 52.4 Å². The average molecular weight is 267 g/mol. The maximum Gasteiger partial charge on any atom is 0.317 e. The van der Waals surface area contributed by atoms with E-state index < -0.39 is 0 Å². The molecule has 0 unspecified atom stereocenters. The summed E-state index contributed by atoms with van der Waals surface area (Å²) in [5.74, 6) is 0.777. The van der Waals surface area contributed by atoms with Gasteiger partial charge in [0, 0.05) is 25.2 Å². The molecule has 1 aliphatic heterocycles. The van der Waals surface area contributed by atoms with Gasteiger partial charge in [0.15, 0.2) is 0 Å². The third-order valence-electron chi connectivity index (χ3n) is 4.62. The highest BCUT2D eigenvalue weighted by Crippen LogP contribution is 2.20. The van der Waals surface area contributed by atoms with E-state index in [1.54, 1.807) is 0 Å². The van der Waals surface area contributed by atoms with Gasteiger partial charge in [-0.25, -0.2) is 4.79 Å². The first-order valence-electron chi connectivity index (χ1n) is 7.98. The molecule has 0 radical (unpaired) electrons. The fraction of sp³-hybridized carbons (Fsp3) is 0.933. The summed E-state index contributed by atoms with van der Waals surface area (Å²) in [6.07, 6.45) is 6.92. The van der Waals surface area contributed by atoms with E-state index in [1.165, 1.54) is 12.8 Å². The first-order chi connectivity index (χ1) is 9.19. The van der Waals surface area contributed by atoms with Crippen molar-refractivity contribution in [3.8, 4) is 0 Å². The molecule has 0 atom stereocenters. The number of likely N-dealkylation sites (tertiary alicyclic amines) is 1. The molecule has 2 aliphatic rings. The molecule has 1 saturated carbocycles. The molecule has 0 bridgehead atoms. The monoisotopic (exact) mass is 267 g/mol. The van der Waals surface area contributed by atoms with Gasteiger partial charge in [0.25, 0.3) is 0 Å². The molecule has 2 fully saturated rings. The quantitative estimate of drug-likeness (QED) is 0.824. The molecule has 1 saturated heterocycles. The van der Waals surface area contributed by atoms with Gasteiger partial charge in [-0.3, -0.25) is 0 Å². The Balaban J connectivity index is 1.69. The van der Waals surface area contributed by atoms with E-state index >= 15 is 0 Å². The standard InChI is InChI=1S/C15H29N3O/c1-3-16-13-4-6-14(7-5-13)17-15(19)18-10-8-12(2)9-11-18/h12-14,16H,3-11H2,1-2H3,(H,17,19). The summed E-state index contributed by atoms with van der Waals surface area (Å²) in [6, 6.07) is 1.22. The van der Waals surface area contributed by atoms with Gasteiger partial charge in [0.2, 0.25) is 0 Å². The van der Waals surface area contributed by atoms with Crippen LogP contribution in [-0.4, -0.2) is 42.6 Å². The summed E-state index contributed by atoms with van der Waals surface area (Å²) in [5, 5.41) is 6.73. The predicted octanol–water partition coefficient (Wildman–Crippen LogP) is 2.35. The highest BCUT2D eigenvalue weighted by atomic mass is 16.2. The number of hydrogen-bond acceptors (Lipinski definition) is 2. The minimum atomic E-state index is 0.166. The molecule has 1 aliphatic carbocycles. The SMILES string of the molecule is CCNC1CCC(NC(=O)N2CCC(C)CC2)CC1. The van der Waals surface area contributed by atoms with E-state index in [2.05, 4.69) is 24.5 Å². The first kappa shape index (κ1) is 14.6. The van der Waals surface area contributed by atoms with Gasteiger partial charge < -0.3 is 15.5 Å². The number of urea groups is 1. The Morgan fingerprint density at radius 3 is 2.21 bits per heavy atom. The topological polar surface area (TPSA) is 44.4 Å². The van der Waals surface area contributed by atoms with Crippen LogP contribution in [0.3, 0.4) is 0 Å². The van der Waals surface area contributed by atoms with Crippen molar-refractivity contribution in [2.45, 2.75) is 64.5 Å². The minimum Gasteiger partial charge on any atom is -0.335 e. The lowest BCUT2D eigenvalue weighted by Crippen LogP contribution is -2.49. The molecule has 1 heterocycles. The van der Waals surface area contributed by atoms with Crippen molar-refractivity contribution >= 4 is 6.03 Å². The van der Waals surface area contributed by atoms with Gasteiger partial charge in [-0.1, -0.05) is 13.8 Å². The highest BCUT2D eigenvalue weighted by molar-refractivity contribution is 5.74. The van der Waals surface area contributed by atoms with E-state index in [9.17, 15) is 4.79 Å². The van der Waals surface area contributed by atoms with E-state index in [4.69, 9.17) is 0 Å². The van der Waals surface area contributed by atoms with Crippen molar-refractivity contribution in [1.82, 2.24) is 15.5 Å². The molecule has 0 spiro atoms. The Morgan fingerprint density at radius 2 is 1.63 bits per heavy atom. The molecule has 0 aromatic carbocycles. The maximum absolute atomic E-state index is 12.2. The average Bonchev–Trinajstić information content (AvgIpc) is 2.42. The number of rotatable bonds is 3. The molecule has 4 nitrogen and oxygen atoms in total. The lowest BCUT2D eigenvalue weighted by molar-refractivity contribution is 0.166. The van der Waals surface area contributed by atoms with Crippen LogP contribution in [0, 0.1) is 5.92 Å². The van der Waals surface area contributed by atoms with Crippen LogP contribution >= 0.6 is 0 Å². The van der Waals surface area contributed by atoms with Crippen molar-refractivity contribution in [2.75, 3.05) is 19.6 Å². The Labute approximate surface area is 117 Å². The van der Waals surface area contributed by atoms with Crippen LogP contribution < -0.4 is 10.6 Å². The number of nitrogens with zero attached hydrogens (tertiary/aromatic N) is 1. The maximum atomic E-state index is 12.2. The summed E-state index contributed by atoms with van der Waals surface area (Å²) in [5.41, 5.74) is 0. The summed E-state index contributed by atoms with van der Waals surface area (Å²) in [4.78, 5) is 14.2. The molecular formula is C15H29N3O. The van der Waals surface area contributed by atoms with E-state index in [1.807, 2.05) is 4.90 Å². The Hall–Kier alpha value is -0.770. The number of piperidine rings is 1. The molecule has 2 rings (SSSR count). The van der Waals surface area contributed by atoms with Gasteiger partial charge in [-0.15, -0.1) is 0 Å². The molecule has 2 N–H and O–H groups in total. The molecule has 4 heteroatoms. The predicted molar refractivity (Wildman–Crippen MR) is 78.2 cm³/mol. The Morgan fingerprint density at radius 1 is 1.05 bits per heavy atom. The molecule has 0 aromatic rings. The van der Waals surface area contributed by atoms with Crippen molar-refractivity contribution in [3.63, 3.8) is 0 Å². The fourth-order valence-electron chi connectivity index (χ4n) is 3.21. The van der Waals surface area contributed by atoms with Crippen molar-refractivity contribution in [3.05, 3.63) is 0 Å². The van der Waals surface area contributed by atoms with Gasteiger partial charge in [-0.2, -0.15) is 0 Å². The summed E-state index contributed by atoms with van der Waals surface area (Å²) in [6.45, 7) is 7.34. The number of hydrogen-bond donors (Lipinski definition) is 2. The zero-order chi connectivity index (χ0) is 13.7. The minimum absolute atomic E-state index is 0.166. The largest absolute Gasteiger partial charge is 0.335 e. The van der Waals surface area contributed by atoms with Crippen molar-refractivity contribution in [1.29, 1.82) is 0 Å². The molecule has 19 heavy (non-hydrogen) atoms. The van der Waals surface area contributed by atoms with Crippen LogP contribution in [0.5, 0.6) is 0 Å². The number of nitrogens with one attached hydrogen (secondary N) is 2. The number of amides is 2. The third-order valence-corrected chi connectivity index (χ3v) is 4.62. The third kappa shape index (κ3) is 4.37. The van der Waals surface area contributed by atoms with E-state index in [-0.39, 0.29) is 6.03 Å². The number of carbonyl (C=O) groups is 1. The second-order valence-electron chi connectivity index (χ2n) is 6.23. The van der Waals surface area contributed by atoms with Crippen LogP contribution in [0.25, 0.3) is 0 Å². The summed E-state index contributed by atoms with van der Waals surface area (Å²) < 4.78 is 0. The summed E-state index contributed by atoms with van der Waals surface area (Å²) in [7, 11) is 0. The Bertz CT molecular complexity index is 279. The van der Waals surface area contributed by atoms with Gasteiger partial charge in [0.1, 0.15) is 0 Å². The van der Waals surface area contributed by atoms with E-state index in [0.717, 1.165) is 51.2 Å². The number of carbonyl (C=O) groups excluding carboxylic acids is 1. The second kappa shape index (κ2) is 7.13. The van der Waals surface area contributed by atoms with E-state index in [0.29, 0.717) is 12.1 Å². The molecule has 110 valence electrons.